The average molecular weight is 943 g/mol. The summed E-state index contributed by atoms with van der Waals surface area (Å²) in [6.45, 7) is -4.00. The van der Waals surface area contributed by atoms with E-state index in [0.717, 1.165) is 30.3 Å². The van der Waals surface area contributed by atoms with E-state index < -0.39 is 189 Å². The molecule has 0 spiro atoms. The molecule has 354 valence electrons. The van der Waals surface area contributed by atoms with E-state index in [1.807, 2.05) is 0 Å². The Balaban J connectivity index is 1.15. The molecule has 14 N–H and O–H groups in total. The van der Waals surface area contributed by atoms with Crippen LogP contribution >= 0.6 is 0 Å². The van der Waals surface area contributed by atoms with Crippen LogP contribution in [0.2, 0.25) is 0 Å². The highest BCUT2D eigenvalue weighted by Crippen LogP contribution is 2.55. The first-order valence-electron chi connectivity index (χ1n) is 19.2. The lowest BCUT2D eigenvalue weighted by Gasteiger charge is -2.42. The molecule has 67 heavy (non-hydrogen) atoms. The fourth-order valence-corrected chi connectivity index (χ4v) is 7.70. The predicted molar refractivity (Wildman–Crippen MR) is 211 cm³/mol. The van der Waals surface area contributed by atoms with E-state index in [-0.39, 0.29) is 22.1 Å². The topological polar surface area (TPSA) is 406 Å². The Morgan fingerprint density at radius 3 is 1.91 bits per heavy atom. The minimum Gasteiger partial charge on any atom is -0.504 e. The zero-order chi connectivity index (χ0) is 47.7. The minimum atomic E-state index is -2.05. The molecule has 26 nitrogen and oxygen atoms in total. The molecule has 4 heterocycles. The van der Waals surface area contributed by atoms with Gasteiger partial charge in [0.15, 0.2) is 82.6 Å². The van der Waals surface area contributed by atoms with Crippen molar-refractivity contribution < 1.29 is 124 Å². The van der Waals surface area contributed by atoms with Crippen LogP contribution in [-0.4, -0.2) is 116 Å². The third-order valence-corrected chi connectivity index (χ3v) is 10.9. The van der Waals surface area contributed by atoms with Crippen LogP contribution < -0.4 is 15.1 Å². The van der Waals surface area contributed by atoms with E-state index in [9.17, 15) is 76.3 Å². The molecule has 1 fully saturated rings. The third kappa shape index (κ3) is 7.44. The van der Waals surface area contributed by atoms with E-state index in [2.05, 4.69) is 0 Å². The summed E-state index contributed by atoms with van der Waals surface area (Å²) in [6, 6.07) is 4.38. The van der Waals surface area contributed by atoms with Gasteiger partial charge in [-0.05, 0) is 41.5 Å². The van der Waals surface area contributed by atoms with Gasteiger partial charge in [-0.15, -0.1) is 0 Å². The molecule has 5 unspecified atom stereocenters. The number of aromatic hydroxyl groups is 13. The largest absolute Gasteiger partial charge is 0.504 e. The van der Waals surface area contributed by atoms with Crippen molar-refractivity contribution in [3.63, 3.8) is 0 Å². The number of hydrogen-bond donors (Lipinski definition) is 14. The van der Waals surface area contributed by atoms with Gasteiger partial charge in [-0.25, -0.2) is 34.1 Å². The maximum Gasteiger partial charge on any atom is 0.344 e. The Morgan fingerprint density at radius 2 is 1.16 bits per heavy atom. The number of rotatable bonds is 0. The zero-order valence-corrected chi connectivity index (χ0v) is 33.5. The van der Waals surface area contributed by atoms with E-state index in [0.29, 0.717) is 0 Å². The number of phenols is 13. The maximum atomic E-state index is 13.2. The normalized spacial score (nSPS) is 21.4. The van der Waals surface area contributed by atoms with Crippen molar-refractivity contribution in [1.29, 1.82) is 0 Å². The molecule has 0 radical (unpaired) electrons. The second kappa shape index (κ2) is 16.9. The molecular weight excluding hydrogens is 908 g/mol. The number of fused-ring (bicyclic) bond motifs is 9. The molecule has 0 aliphatic carbocycles. The van der Waals surface area contributed by atoms with E-state index in [1.165, 1.54) is 0 Å². The highest BCUT2D eigenvalue weighted by atomic mass is 17.2. The third-order valence-electron chi connectivity index (χ3n) is 10.9. The SMILES string of the molecule is O=c1oc2c(O)c(O)cc3c2c2c(O)c(c(O)cc12)Oc1c(cc(O)c(O)c1O)COOCC1OC(O)C2OOCc4cc(O)c(O)c(O)c4-c4cc(c(O)c(O)c4O)OCOC2C1OOC3. The van der Waals surface area contributed by atoms with Crippen molar-refractivity contribution in [2.45, 2.75) is 50.5 Å². The summed E-state index contributed by atoms with van der Waals surface area (Å²) in [7, 11) is 0. The number of phenolic OH excluding ortho intramolecular Hbond substituents is 13. The Labute approximate surface area is 370 Å². The highest BCUT2D eigenvalue weighted by molar-refractivity contribution is 6.12. The number of hydrogen-bond acceptors (Lipinski definition) is 26. The molecule has 5 atom stereocenters. The first-order chi connectivity index (χ1) is 32.0. The van der Waals surface area contributed by atoms with Crippen molar-refractivity contribution in [3.05, 3.63) is 57.4 Å². The molecule has 0 amide bonds. The summed E-state index contributed by atoms with van der Waals surface area (Å²) in [5.41, 5.74) is -3.63. The van der Waals surface area contributed by atoms with Crippen LogP contribution in [0.5, 0.6) is 92.0 Å². The van der Waals surface area contributed by atoms with Gasteiger partial charge in [-0.2, -0.15) is 0 Å². The van der Waals surface area contributed by atoms with Crippen molar-refractivity contribution in [2.75, 3.05) is 13.4 Å². The monoisotopic (exact) mass is 942 g/mol. The molecule has 3 aliphatic rings. The quantitative estimate of drug-likeness (QED) is 0.0450. The molecule has 1 aromatic heterocycles. The summed E-state index contributed by atoms with van der Waals surface area (Å²) < 4.78 is 28.3. The van der Waals surface area contributed by atoms with Crippen LogP contribution in [0.25, 0.3) is 32.9 Å². The summed E-state index contributed by atoms with van der Waals surface area (Å²) in [6.07, 6.45) is -8.79. The molecule has 6 aromatic rings. The van der Waals surface area contributed by atoms with Crippen LogP contribution in [0.1, 0.15) is 16.7 Å². The number of benzene rings is 5. The van der Waals surface area contributed by atoms with Gasteiger partial charge in [0.05, 0.1) is 5.39 Å². The zero-order valence-electron chi connectivity index (χ0n) is 33.5. The van der Waals surface area contributed by atoms with Gasteiger partial charge in [0.2, 0.25) is 40.2 Å². The maximum absolute atomic E-state index is 13.2. The van der Waals surface area contributed by atoms with Crippen LogP contribution in [0.3, 0.4) is 0 Å². The Hall–Kier alpha value is -7.79. The van der Waals surface area contributed by atoms with E-state index >= 15 is 0 Å². The lowest BCUT2D eigenvalue weighted by atomic mass is 9.96. The van der Waals surface area contributed by atoms with Crippen molar-refractivity contribution in [3.8, 4) is 103 Å². The lowest BCUT2D eigenvalue weighted by Crippen LogP contribution is -2.61. The van der Waals surface area contributed by atoms with Gasteiger partial charge < -0.3 is 94.9 Å². The van der Waals surface area contributed by atoms with Crippen LogP contribution in [-0.2, 0) is 58.6 Å². The van der Waals surface area contributed by atoms with Gasteiger partial charge in [0.25, 0.3) is 0 Å². The minimum absolute atomic E-state index is 0.209. The van der Waals surface area contributed by atoms with Crippen LogP contribution in [0, 0.1) is 0 Å². The fraction of sp³-hybridized carbons (Fsp3) is 0.244. The predicted octanol–water partition coefficient (Wildman–Crippen LogP) is 2.83. The number of ether oxygens (including phenoxy) is 4. The Bertz CT molecular complexity index is 3040. The van der Waals surface area contributed by atoms with Crippen LogP contribution in [0.15, 0.2) is 39.5 Å². The number of aliphatic hydroxyl groups is 1. The van der Waals surface area contributed by atoms with E-state index in [4.69, 9.17) is 52.7 Å². The summed E-state index contributed by atoms with van der Waals surface area (Å²) >= 11 is 0. The van der Waals surface area contributed by atoms with Crippen molar-refractivity contribution in [1.82, 2.24) is 0 Å². The molecule has 9 rings (SSSR count). The second-order valence-corrected chi connectivity index (χ2v) is 14.9. The summed E-state index contributed by atoms with van der Waals surface area (Å²) in [5.74, 6) is -15.3. The molecule has 3 aliphatic heterocycles. The van der Waals surface area contributed by atoms with Crippen molar-refractivity contribution in [2.24, 2.45) is 0 Å². The fourth-order valence-electron chi connectivity index (χ4n) is 7.70. The van der Waals surface area contributed by atoms with Crippen LogP contribution in [0.4, 0.5) is 0 Å². The molecule has 26 heteroatoms. The molecule has 5 aromatic carbocycles. The van der Waals surface area contributed by atoms with Gasteiger partial charge in [0, 0.05) is 27.5 Å². The van der Waals surface area contributed by atoms with Gasteiger partial charge in [-0.3, -0.25) is 0 Å². The van der Waals surface area contributed by atoms with E-state index in [1.54, 1.807) is 0 Å². The highest BCUT2D eigenvalue weighted by Gasteiger charge is 2.50. The molecule has 0 saturated carbocycles. The Morgan fingerprint density at radius 1 is 0.522 bits per heavy atom. The molecule has 1 saturated heterocycles. The van der Waals surface area contributed by atoms with Gasteiger partial charge in [-0.1, -0.05) is 0 Å². The second-order valence-electron chi connectivity index (χ2n) is 14.9. The van der Waals surface area contributed by atoms with Gasteiger partial charge >= 0.3 is 5.63 Å². The first-order valence-corrected chi connectivity index (χ1v) is 19.2. The summed E-state index contributed by atoms with van der Waals surface area (Å²) in [5, 5.41) is 150. The standard InChI is InChI=1S/C41H34O26/c42-16-1-11-6-62-67-39-38(58-10-57-20-5-14(22(11)30(51)26(16)47)25(46)32(53)29(20)50)36-21(63-41(39)56)9-60-59-8-13-3-17(43)27(48)33(54)34(13)64-35-19(45)4-15-24(31(35)52)23-12(7-61-66-36)2-18(44)28(49)37(23)65-40(15)55/h1-5,21,36,38-39,41-54,56H,6-10H2. The summed E-state index contributed by atoms with van der Waals surface area (Å²) in [4.78, 5) is 46.3. The number of aliphatic hydroxyl groups excluding tert-OH is 1. The smallest absolute Gasteiger partial charge is 0.344 e. The molecule has 4 bridgehead atoms. The lowest BCUT2D eigenvalue weighted by molar-refractivity contribution is -0.451. The van der Waals surface area contributed by atoms with Crippen molar-refractivity contribution >= 4 is 21.7 Å². The average Bonchev–Trinajstić information content (AvgIpc) is 3.30. The van der Waals surface area contributed by atoms with Gasteiger partial charge in [0.1, 0.15) is 38.6 Å². The Kier molecular flexibility index (Phi) is 11.2. The molecular formula is C41H34O26. The first kappa shape index (κ1) is 44.4.